The third-order valence-corrected chi connectivity index (χ3v) is 3.71. The minimum atomic E-state index is -0.306. The van der Waals surface area contributed by atoms with Crippen molar-refractivity contribution in [1.82, 2.24) is 9.97 Å². The first-order valence-electron chi connectivity index (χ1n) is 7.37. The Labute approximate surface area is 128 Å². The molecule has 0 radical (unpaired) electrons. The van der Waals surface area contributed by atoms with Gasteiger partial charge in [-0.25, -0.2) is 9.37 Å². The van der Waals surface area contributed by atoms with Crippen LogP contribution in [0.1, 0.15) is 12.8 Å². The van der Waals surface area contributed by atoms with Gasteiger partial charge in [0.2, 0.25) is 11.8 Å². The smallest absolute Gasteiger partial charge is 0.228 e. The number of aliphatic hydroxyl groups is 1. The third kappa shape index (κ3) is 3.51. The van der Waals surface area contributed by atoms with E-state index in [2.05, 4.69) is 14.9 Å². The van der Waals surface area contributed by atoms with E-state index in [-0.39, 0.29) is 18.3 Å². The van der Waals surface area contributed by atoms with Crippen molar-refractivity contribution in [2.75, 3.05) is 24.6 Å². The third-order valence-electron chi connectivity index (χ3n) is 3.71. The SMILES string of the molecule is OCC1CCCN(c2nccc(Oc3ccc(F)cc3)n2)C1. The number of hydrogen-bond acceptors (Lipinski definition) is 5. The van der Waals surface area contributed by atoms with Gasteiger partial charge >= 0.3 is 0 Å². The maximum absolute atomic E-state index is 12.9. The van der Waals surface area contributed by atoms with Crippen LogP contribution in [-0.4, -0.2) is 34.8 Å². The van der Waals surface area contributed by atoms with Crippen molar-refractivity contribution < 1.29 is 14.2 Å². The molecule has 1 aromatic heterocycles. The standard InChI is InChI=1S/C16H18FN3O2/c17-13-3-5-14(6-4-13)22-15-7-8-18-16(19-15)20-9-1-2-12(10-20)11-21/h3-8,12,21H,1-2,9-11H2. The molecule has 0 aliphatic carbocycles. The van der Waals surface area contributed by atoms with E-state index in [0.717, 1.165) is 25.9 Å². The van der Waals surface area contributed by atoms with Crippen molar-refractivity contribution in [2.24, 2.45) is 5.92 Å². The number of anilines is 1. The highest BCUT2D eigenvalue weighted by atomic mass is 19.1. The summed E-state index contributed by atoms with van der Waals surface area (Å²) >= 11 is 0. The van der Waals surface area contributed by atoms with Gasteiger partial charge in [0.15, 0.2) is 0 Å². The van der Waals surface area contributed by atoms with Gasteiger partial charge in [-0.1, -0.05) is 0 Å². The van der Waals surface area contributed by atoms with E-state index in [9.17, 15) is 9.50 Å². The molecule has 2 aromatic rings. The van der Waals surface area contributed by atoms with Crippen molar-refractivity contribution in [1.29, 1.82) is 0 Å². The maximum atomic E-state index is 12.9. The molecule has 1 aromatic carbocycles. The van der Waals surface area contributed by atoms with E-state index in [1.54, 1.807) is 24.4 Å². The van der Waals surface area contributed by atoms with Crippen molar-refractivity contribution in [3.8, 4) is 11.6 Å². The summed E-state index contributed by atoms with van der Waals surface area (Å²) in [5.74, 6) is 1.50. The van der Waals surface area contributed by atoms with Crippen molar-refractivity contribution in [2.45, 2.75) is 12.8 Å². The summed E-state index contributed by atoms with van der Waals surface area (Å²) in [4.78, 5) is 10.7. The molecule has 1 fully saturated rings. The molecule has 0 amide bonds. The number of nitrogens with zero attached hydrogens (tertiary/aromatic N) is 3. The molecule has 6 heteroatoms. The zero-order valence-electron chi connectivity index (χ0n) is 12.2. The van der Waals surface area contributed by atoms with Crippen molar-refractivity contribution >= 4 is 5.95 Å². The molecule has 1 aliphatic rings. The quantitative estimate of drug-likeness (QED) is 0.941. The molecule has 116 valence electrons. The number of ether oxygens (including phenoxy) is 1. The van der Waals surface area contributed by atoms with Crippen LogP contribution in [0.3, 0.4) is 0 Å². The lowest BCUT2D eigenvalue weighted by atomic mass is 9.99. The molecule has 1 N–H and O–H groups in total. The van der Waals surface area contributed by atoms with Crippen LogP contribution >= 0.6 is 0 Å². The van der Waals surface area contributed by atoms with Crippen molar-refractivity contribution in [3.05, 3.63) is 42.3 Å². The highest BCUT2D eigenvalue weighted by molar-refractivity contribution is 5.34. The number of halogens is 1. The predicted molar refractivity (Wildman–Crippen MR) is 80.5 cm³/mol. The van der Waals surface area contributed by atoms with E-state index in [1.165, 1.54) is 12.1 Å². The first-order chi connectivity index (χ1) is 10.7. The Morgan fingerprint density at radius 3 is 2.86 bits per heavy atom. The Morgan fingerprint density at radius 2 is 2.09 bits per heavy atom. The summed E-state index contributed by atoms with van der Waals surface area (Å²) < 4.78 is 18.5. The summed E-state index contributed by atoms with van der Waals surface area (Å²) in [6.45, 7) is 1.80. The van der Waals surface area contributed by atoms with Crippen LogP contribution in [0.2, 0.25) is 0 Å². The Morgan fingerprint density at radius 1 is 1.27 bits per heavy atom. The largest absolute Gasteiger partial charge is 0.439 e. The molecule has 0 spiro atoms. The van der Waals surface area contributed by atoms with E-state index in [4.69, 9.17) is 4.74 Å². The van der Waals surface area contributed by atoms with Crippen LogP contribution in [0.4, 0.5) is 10.3 Å². The summed E-state index contributed by atoms with van der Waals surface area (Å²) in [5.41, 5.74) is 0. The van der Waals surface area contributed by atoms with Crippen LogP contribution in [-0.2, 0) is 0 Å². The first-order valence-corrected chi connectivity index (χ1v) is 7.37. The lowest BCUT2D eigenvalue weighted by Gasteiger charge is -2.31. The lowest BCUT2D eigenvalue weighted by Crippen LogP contribution is -2.37. The molecule has 5 nitrogen and oxygen atoms in total. The van der Waals surface area contributed by atoms with E-state index >= 15 is 0 Å². The van der Waals surface area contributed by atoms with Crippen LogP contribution in [0.5, 0.6) is 11.6 Å². The second-order valence-corrected chi connectivity index (χ2v) is 5.39. The number of benzene rings is 1. The number of aromatic nitrogens is 2. The fourth-order valence-electron chi connectivity index (χ4n) is 2.56. The van der Waals surface area contributed by atoms with E-state index < -0.39 is 0 Å². The van der Waals surface area contributed by atoms with Gasteiger partial charge in [-0.3, -0.25) is 0 Å². The molecular weight excluding hydrogens is 285 g/mol. The van der Waals surface area contributed by atoms with E-state index in [0.29, 0.717) is 17.6 Å². The van der Waals surface area contributed by atoms with Gasteiger partial charge in [0.1, 0.15) is 11.6 Å². The minimum absolute atomic E-state index is 0.183. The van der Waals surface area contributed by atoms with Crippen LogP contribution in [0.25, 0.3) is 0 Å². The topological polar surface area (TPSA) is 58.5 Å². The molecule has 1 unspecified atom stereocenters. The lowest BCUT2D eigenvalue weighted by molar-refractivity contribution is 0.208. The van der Waals surface area contributed by atoms with Gasteiger partial charge in [0, 0.05) is 32.0 Å². The van der Waals surface area contributed by atoms with Gasteiger partial charge in [-0.2, -0.15) is 4.98 Å². The van der Waals surface area contributed by atoms with E-state index in [1.807, 2.05) is 0 Å². The second kappa shape index (κ2) is 6.70. The van der Waals surface area contributed by atoms with Crippen LogP contribution < -0.4 is 9.64 Å². The average molecular weight is 303 g/mol. The van der Waals surface area contributed by atoms with Gasteiger partial charge in [0.25, 0.3) is 0 Å². The molecule has 2 heterocycles. The molecule has 1 saturated heterocycles. The normalized spacial score (nSPS) is 18.3. The minimum Gasteiger partial charge on any atom is -0.439 e. The molecule has 0 bridgehead atoms. The summed E-state index contributed by atoms with van der Waals surface area (Å²) in [7, 11) is 0. The fraction of sp³-hybridized carbons (Fsp3) is 0.375. The zero-order chi connectivity index (χ0) is 15.4. The first kappa shape index (κ1) is 14.7. The van der Waals surface area contributed by atoms with Gasteiger partial charge in [0.05, 0.1) is 0 Å². The molecule has 0 saturated carbocycles. The molecule has 3 rings (SSSR count). The summed E-state index contributed by atoms with van der Waals surface area (Å²) in [5, 5.41) is 9.30. The molecular formula is C16H18FN3O2. The Kier molecular flexibility index (Phi) is 4.48. The van der Waals surface area contributed by atoms with Crippen LogP contribution in [0.15, 0.2) is 36.5 Å². The summed E-state index contributed by atoms with van der Waals surface area (Å²) in [6.07, 6.45) is 3.68. The van der Waals surface area contributed by atoms with Crippen molar-refractivity contribution in [3.63, 3.8) is 0 Å². The Balaban J connectivity index is 1.73. The van der Waals surface area contributed by atoms with Gasteiger partial charge in [-0.05, 0) is 43.0 Å². The monoisotopic (exact) mass is 303 g/mol. The predicted octanol–water partition coefficient (Wildman–Crippen LogP) is 2.62. The summed E-state index contributed by atoms with van der Waals surface area (Å²) in [6, 6.07) is 7.46. The van der Waals surface area contributed by atoms with Crippen LogP contribution in [0, 0.1) is 11.7 Å². The maximum Gasteiger partial charge on any atom is 0.228 e. The fourth-order valence-corrected chi connectivity index (χ4v) is 2.56. The van der Waals surface area contributed by atoms with Gasteiger partial charge in [-0.15, -0.1) is 0 Å². The molecule has 1 aliphatic heterocycles. The molecule has 22 heavy (non-hydrogen) atoms. The number of hydrogen-bond donors (Lipinski definition) is 1. The second-order valence-electron chi connectivity index (χ2n) is 5.39. The number of piperidine rings is 1. The number of rotatable bonds is 4. The highest BCUT2D eigenvalue weighted by Gasteiger charge is 2.21. The Bertz CT molecular complexity index is 621. The highest BCUT2D eigenvalue weighted by Crippen LogP contribution is 2.24. The van der Waals surface area contributed by atoms with Gasteiger partial charge < -0.3 is 14.7 Å². The number of aliphatic hydroxyl groups excluding tert-OH is 1. The molecule has 1 atom stereocenters. The Hall–Kier alpha value is -2.21. The average Bonchev–Trinajstić information content (AvgIpc) is 2.57. The zero-order valence-corrected chi connectivity index (χ0v) is 12.2.